The fraction of sp³-hybridized carbons (Fsp3) is 0.133. The first-order chi connectivity index (χ1) is 11.1. The second kappa shape index (κ2) is 6.14. The molecule has 0 unspecified atom stereocenters. The molecule has 0 radical (unpaired) electrons. The average molecular weight is 352 g/mol. The largest absolute Gasteiger partial charge is 0.493 e. The number of hydrogen-bond acceptors (Lipinski definition) is 2. The second-order valence-electron chi connectivity index (χ2n) is 4.56. The van der Waals surface area contributed by atoms with Crippen molar-refractivity contribution in [3.63, 3.8) is 0 Å². The monoisotopic (exact) mass is 352 g/mol. The maximum absolute atomic E-state index is 13.9. The molecule has 0 aliphatic heterocycles. The maximum atomic E-state index is 13.9. The van der Waals surface area contributed by atoms with Crippen LogP contribution in [0.1, 0.15) is 21.5 Å². The molecule has 24 heavy (non-hydrogen) atoms. The standard InChI is InChI=1S/C15H7F7O2/c1-24-14-7(2-4-8(11(14)18)15(20,21)22)13(23)6-3-5-9(16)12(19)10(6)17/h2-5H,1H3. The van der Waals surface area contributed by atoms with Crippen molar-refractivity contribution >= 4 is 5.78 Å². The van der Waals surface area contributed by atoms with Gasteiger partial charge >= 0.3 is 6.18 Å². The number of ether oxygens (including phenoxy) is 1. The van der Waals surface area contributed by atoms with E-state index >= 15 is 0 Å². The van der Waals surface area contributed by atoms with Crippen molar-refractivity contribution in [1.82, 2.24) is 0 Å². The van der Waals surface area contributed by atoms with E-state index in [2.05, 4.69) is 4.74 Å². The summed E-state index contributed by atoms with van der Waals surface area (Å²) in [5.74, 6) is -9.67. The second-order valence-corrected chi connectivity index (χ2v) is 4.56. The van der Waals surface area contributed by atoms with E-state index in [4.69, 9.17) is 0 Å². The van der Waals surface area contributed by atoms with Gasteiger partial charge in [-0.1, -0.05) is 0 Å². The molecule has 2 aromatic rings. The Morgan fingerprint density at radius 3 is 2.00 bits per heavy atom. The van der Waals surface area contributed by atoms with Crippen LogP contribution in [0, 0.1) is 23.3 Å². The summed E-state index contributed by atoms with van der Waals surface area (Å²) in [6, 6.07) is 1.88. The molecule has 0 atom stereocenters. The summed E-state index contributed by atoms with van der Waals surface area (Å²) in [4.78, 5) is 12.2. The van der Waals surface area contributed by atoms with E-state index in [0.29, 0.717) is 18.2 Å². The number of carbonyl (C=O) groups is 1. The molecule has 0 spiro atoms. The fourth-order valence-corrected chi connectivity index (χ4v) is 2.00. The quantitative estimate of drug-likeness (QED) is 0.462. The smallest absolute Gasteiger partial charge is 0.419 e. The molecule has 0 fully saturated rings. The lowest BCUT2D eigenvalue weighted by Crippen LogP contribution is -2.14. The zero-order chi connectivity index (χ0) is 18.2. The minimum Gasteiger partial charge on any atom is -0.493 e. The minimum atomic E-state index is -5.05. The average Bonchev–Trinajstić information content (AvgIpc) is 2.50. The Labute approximate surface area is 130 Å². The molecule has 0 aliphatic carbocycles. The van der Waals surface area contributed by atoms with Gasteiger partial charge in [-0.05, 0) is 24.3 Å². The molecular weight excluding hydrogens is 345 g/mol. The highest BCUT2D eigenvalue weighted by Gasteiger charge is 2.37. The van der Waals surface area contributed by atoms with Gasteiger partial charge in [0, 0.05) is 0 Å². The van der Waals surface area contributed by atoms with Gasteiger partial charge in [0.15, 0.2) is 34.8 Å². The molecule has 0 heterocycles. The number of halogens is 7. The number of carbonyl (C=O) groups excluding carboxylic acids is 1. The molecular formula is C15H7F7O2. The Morgan fingerprint density at radius 1 is 0.875 bits per heavy atom. The van der Waals surface area contributed by atoms with Crippen LogP contribution in [0.3, 0.4) is 0 Å². The lowest BCUT2D eigenvalue weighted by Gasteiger charge is -2.14. The zero-order valence-corrected chi connectivity index (χ0v) is 11.8. The highest BCUT2D eigenvalue weighted by Crippen LogP contribution is 2.37. The van der Waals surface area contributed by atoms with Gasteiger partial charge in [0.2, 0.25) is 0 Å². The SMILES string of the molecule is COc1c(C(=O)c2ccc(F)c(F)c2F)ccc(C(F)(F)F)c1F. The van der Waals surface area contributed by atoms with E-state index < -0.39 is 57.7 Å². The van der Waals surface area contributed by atoms with Gasteiger partial charge < -0.3 is 4.74 Å². The Bertz CT molecular complexity index is 812. The summed E-state index contributed by atoms with van der Waals surface area (Å²) < 4.78 is 96.1. The molecule has 128 valence electrons. The Balaban J connectivity index is 2.63. The van der Waals surface area contributed by atoms with Crippen LogP contribution in [-0.4, -0.2) is 12.9 Å². The van der Waals surface area contributed by atoms with E-state index in [9.17, 15) is 35.5 Å². The van der Waals surface area contributed by atoms with Gasteiger partial charge in [-0.25, -0.2) is 17.6 Å². The lowest BCUT2D eigenvalue weighted by atomic mass is 9.99. The first-order valence-electron chi connectivity index (χ1n) is 6.21. The van der Waals surface area contributed by atoms with Crippen molar-refractivity contribution < 1.29 is 40.3 Å². The number of ketones is 1. The number of alkyl halides is 3. The summed E-state index contributed by atoms with van der Waals surface area (Å²) >= 11 is 0. The fourth-order valence-electron chi connectivity index (χ4n) is 2.00. The lowest BCUT2D eigenvalue weighted by molar-refractivity contribution is -0.140. The molecule has 0 saturated carbocycles. The Hall–Kier alpha value is -2.58. The van der Waals surface area contributed by atoms with Gasteiger partial charge in [-0.2, -0.15) is 13.2 Å². The molecule has 0 aliphatic rings. The first kappa shape index (κ1) is 17.8. The van der Waals surface area contributed by atoms with Crippen LogP contribution in [0.2, 0.25) is 0 Å². The Kier molecular flexibility index (Phi) is 4.54. The van der Waals surface area contributed by atoms with E-state index in [0.717, 1.165) is 7.11 Å². The summed E-state index contributed by atoms with van der Waals surface area (Å²) in [7, 11) is 0.803. The maximum Gasteiger partial charge on any atom is 0.419 e. The van der Waals surface area contributed by atoms with Crippen LogP contribution >= 0.6 is 0 Å². The van der Waals surface area contributed by atoms with Crippen LogP contribution in [0.4, 0.5) is 30.7 Å². The van der Waals surface area contributed by atoms with E-state index in [-0.39, 0.29) is 6.07 Å². The highest BCUT2D eigenvalue weighted by molar-refractivity contribution is 6.11. The first-order valence-corrected chi connectivity index (χ1v) is 6.21. The van der Waals surface area contributed by atoms with Gasteiger partial charge in [0.1, 0.15) is 0 Å². The van der Waals surface area contributed by atoms with E-state index in [1.165, 1.54) is 0 Å². The molecule has 2 aromatic carbocycles. The van der Waals surface area contributed by atoms with Gasteiger partial charge in [-0.15, -0.1) is 0 Å². The highest BCUT2D eigenvalue weighted by atomic mass is 19.4. The summed E-state index contributed by atoms with van der Waals surface area (Å²) in [6.45, 7) is 0. The number of rotatable bonds is 3. The molecule has 2 rings (SSSR count). The van der Waals surface area contributed by atoms with Crippen molar-refractivity contribution in [1.29, 1.82) is 0 Å². The molecule has 2 nitrogen and oxygen atoms in total. The van der Waals surface area contributed by atoms with Crippen molar-refractivity contribution in [3.05, 3.63) is 64.2 Å². The van der Waals surface area contributed by atoms with E-state index in [1.807, 2.05) is 0 Å². The Morgan fingerprint density at radius 2 is 1.46 bits per heavy atom. The predicted molar refractivity (Wildman–Crippen MR) is 67.7 cm³/mol. The molecule has 0 saturated heterocycles. The third kappa shape index (κ3) is 2.93. The van der Waals surface area contributed by atoms with Crippen LogP contribution < -0.4 is 4.74 Å². The van der Waals surface area contributed by atoms with Crippen molar-refractivity contribution in [3.8, 4) is 5.75 Å². The van der Waals surface area contributed by atoms with Gasteiger partial charge in [0.25, 0.3) is 0 Å². The van der Waals surface area contributed by atoms with Gasteiger partial charge in [-0.3, -0.25) is 4.79 Å². The van der Waals surface area contributed by atoms with Crippen LogP contribution in [0.25, 0.3) is 0 Å². The molecule has 0 N–H and O–H groups in total. The molecule has 9 heteroatoms. The van der Waals surface area contributed by atoms with Crippen LogP contribution in [0.5, 0.6) is 5.75 Å². The molecule has 0 bridgehead atoms. The number of benzene rings is 2. The van der Waals surface area contributed by atoms with Crippen LogP contribution in [0.15, 0.2) is 24.3 Å². The predicted octanol–water partition coefficient (Wildman–Crippen LogP) is 4.50. The summed E-state index contributed by atoms with van der Waals surface area (Å²) in [5, 5.41) is 0. The summed E-state index contributed by atoms with van der Waals surface area (Å²) in [5.41, 5.74) is -3.44. The number of hydrogen-bond donors (Lipinski definition) is 0. The topological polar surface area (TPSA) is 26.3 Å². The molecule has 0 aromatic heterocycles. The minimum absolute atomic E-state index is 0.267. The zero-order valence-electron chi connectivity index (χ0n) is 11.8. The van der Waals surface area contributed by atoms with Crippen molar-refractivity contribution in [2.24, 2.45) is 0 Å². The number of methoxy groups -OCH3 is 1. The third-order valence-corrected chi connectivity index (χ3v) is 3.13. The van der Waals surface area contributed by atoms with Gasteiger partial charge in [0.05, 0.1) is 23.8 Å². The third-order valence-electron chi connectivity index (χ3n) is 3.13. The normalized spacial score (nSPS) is 11.5. The van der Waals surface area contributed by atoms with Crippen molar-refractivity contribution in [2.45, 2.75) is 6.18 Å². The summed E-state index contributed by atoms with van der Waals surface area (Å²) in [6.07, 6.45) is -5.05. The van der Waals surface area contributed by atoms with Crippen molar-refractivity contribution in [2.75, 3.05) is 7.11 Å². The van der Waals surface area contributed by atoms with E-state index in [1.54, 1.807) is 0 Å². The molecule has 0 amide bonds. The van der Waals surface area contributed by atoms with Crippen LogP contribution in [-0.2, 0) is 6.18 Å².